The van der Waals surface area contributed by atoms with Crippen LogP contribution in [0.15, 0.2) is 23.0 Å². The molecule has 0 aliphatic carbocycles. The number of carboxylic acid groups (broad SMARTS) is 1. The van der Waals surface area contributed by atoms with Crippen LogP contribution in [0.25, 0.3) is 11.0 Å². The predicted octanol–water partition coefficient (Wildman–Crippen LogP) is 2.35. The number of nitrogens with one attached hydrogen (secondary N) is 1. The third kappa shape index (κ3) is 5.66. The van der Waals surface area contributed by atoms with Crippen molar-refractivity contribution in [1.82, 2.24) is 29.2 Å². The second-order valence-electron chi connectivity index (χ2n) is 12.5. The zero-order valence-corrected chi connectivity index (χ0v) is 24.0. The van der Waals surface area contributed by atoms with E-state index in [1.54, 1.807) is 21.1 Å². The number of hydrogen-bond acceptors (Lipinski definition) is 6. The minimum atomic E-state index is -0.789. The lowest BCUT2D eigenvalue weighted by atomic mass is 9.87. The van der Waals surface area contributed by atoms with Gasteiger partial charge in [0.1, 0.15) is 6.04 Å². The Hall–Kier alpha value is -3.18. The molecule has 11 nitrogen and oxygen atoms in total. The Bertz CT molecular complexity index is 1360. The van der Waals surface area contributed by atoms with Crippen molar-refractivity contribution in [1.29, 1.82) is 0 Å². The van der Waals surface area contributed by atoms with E-state index in [4.69, 9.17) is 0 Å². The maximum atomic E-state index is 13.1. The normalized spacial score (nSPS) is 24.7. The van der Waals surface area contributed by atoms with Gasteiger partial charge in [-0.05, 0) is 101 Å². The minimum Gasteiger partial charge on any atom is -0.465 e. The molecule has 2 N–H and O–H groups in total. The number of hydrogen-bond donors (Lipinski definition) is 2. The van der Waals surface area contributed by atoms with Crippen LogP contribution in [0.3, 0.4) is 0 Å². The Labute approximate surface area is 240 Å². The number of aryl methyl sites for hydroxylation is 1. The number of rotatable bonds is 5. The van der Waals surface area contributed by atoms with Gasteiger partial charge in [-0.1, -0.05) is 6.07 Å². The summed E-state index contributed by atoms with van der Waals surface area (Å²) >= 11 is 0. The molecule has 0 bridgehead atoms. The van der Waals surface area contributed by atoms with Gasteiger partial charge in [0.05, 0.1) is 11.0 Å². The smallest absolute Gasteiger partial charge is 0.407 e. The lowest BCUT2D eigenvalue weighted by Crippen LogP contribution is -2.49. The van der Waals surface area contributed by atoms with Gasteiger partial charge in [-0.2, -0.15) is 0 Å². The van der Waals surface area contributed by atoms with E-state index in [2.05, 4.69) is 27.2 Å². The molecule has 4 aliphatic rings. The van der Waals surface area contributed by atoms with Crippen LogP contribution in [-0.2, 0) is 16.6 Å². The average molecular weight is 567 g/mol. The number of carbonyl (C=O) groups is 3. The Morgan fingerprint density at radius 2 is 1.61 bits per heavy atom. The van der Waals surface area contributed by atoms with Crippen LogP contribution in [0.1, 0.15) is 68.9 Å². The van der Waals surface area contributed by atoms with Crippen LogP contribution in [-0.4, -0.2) is 98.7 Å². The maximum Gasteiger partial charge on any atom is 0.407 e. The number of fused-ring (bicyclic) bond motifs is 1. The summed E-state index contributed by atoms with van der Waals surface area (Å²) in [4.78, 5) is 55.2. The molecule has 4 saturated heterocycles. The molecule has 11 heteroatoms. The first-order valence-electron chi connectivity index (χ1n) is 15.3. The quantitative estimate of drug-likeness (QED) is 0.533. The van der Waals surface area contributed by atoms with Crippen LogP contribution in [0.5, 0.6) is 0 Å². The molecular weight excluding hydrogens is 524 g/mol. The highest BCUT2D eigenvalue weighted by atomic mass is 16.4. The zero-order chi connectivity index (χ0) is 28.7. The first kappa shape index (κ1) is 28.0. The van der Waals surface area contributed by atoms with Crippen LogP contribution in [0, 0.1) is 5.92 Å². The van der Waals surface area contributed by atoms with Crippen LogP contribution < -0.4 is 11.0 Å². The molecular formula is C30H42N6O5. The van der Waals surface area contributed by atoms with Crippen LogP contribution in [0.4, 0.5) is 4.79 Å². The highest BCUT2D eigenvalue weighted by Crippen LogP contribution is 2.33. The fourth-order valence-electron chi connectivity index (χ4n) is 7.60. The summed E-state index contributed by atoms with van der Waals surface area (Å²) in [6.07, 6.45) is 6.32. The lowest BCUT2D eigenvalue weighted by molar-refractivity contribution is -0.135. The number of amides is 3. The summed E-state index contributed by atoms with van der Waals surface area (Å²) in [6.45, 7) is 6.84. The van der Waals surface area contributed by atoms with Gasteiger partial charge >= 0.3 is 11.8 Å². The molecule has 41 heavy (non-hydrogen) atoms. The topological polar surface area (TPSA) is 120 Å². The van der Waals surface area contributed by atoms with E-state index in [9.17, 15) is 24.3 Å². The second kappa shape index (κ2) is 11.6. The molecule has 0 spiro atoms. The van der Waals surface area contributed by atoms with Gasteiger partial charge in [-0.15, -0.1) is 0 Å². The van der Waals surface area contributed by atoms with Crippen LogP contribution in [0.2, 0.25) is 0 Å². The Balaban J connectivity index is 1.02. The SMILES string of the molecule is Cn1c(=O)n(C2CCC(=O)NC2=O)c2ccc(C3CCN(C4CCN(CC5CCN(C(=O)O)CC5)CC4)CC3)cc21. The summed E-state index contributed by atoms with van der Waals surface area (Å²) in [7, 11) is 1.75. The minimum absolute atomic E-state index is 0.224. The van der Waals surface area contributed by atoms with Crippen molar-refractivity contribution in [3.63, 3.8) is 0 Å². The number of imide groups is 1. The van der Waals surface area contributed by atoms with Crippen molar-refractivity contribution in [2.24, 2.45) is 13.0 Å². The van der Waals surface area contributed by atoms with Gasteiger partial charge in [0.15, 0.2) is 0 Å². The van der Waals surface area contributed by atoms with E-state index in [-0.39, 0.29) is 18.0 Å². The van der Waals surface area contributed by atoms with Crippen molar-refractivity contribution < 1.29 is 19.5 Å². The monoisotopic (exact) mass is 566 g/mol. The summed E-state index contributed by atoms with van der Waals surface area (Å²) in [5.41, 5.74) is 2.60. The Morgan fingerprint density at radius 3 is 2.27 bits per heavy atom. The Morgan fingerprint density at radius 1 is 0.902 bits per heavy atom. The van der Waals surface area contributed by atoms with E-state index in [1.165, 1.54) is 18.4 Å². The molecule has 4 aliphatic heterocycles. The molecule has 3 amide bonds. The molecule has 0 saturated carbocycles. The zero-order valence-electron chi connectivity index (χ0n) is 24.0. The molecule has 1 atom stereocenters. The molecule has 2 aromatic rings. The number of aromatic nitrogens is 2. The molecule has 1 unspecified atom stereocenters. The van der Waals surface area contributed by atoms with Gasteiger partial charge < -0.3 is 19.8 Å². The molecule has 5 heterocycles. The highest BCUT2D eigenvalue weighted by molar-refractivity contribution is 6.00. The van der Waals surface area contributed by atoms with Crippen molar-refractivity contribution in [2.75, 3.05) is 45.8 Å². The summed E-state index contributed by atoms with van der Waals surface area (Å²) < 4.78 is 3.18. The molecule has 1 aromatic heterocycles. The van der Waals surface area contributed by atoms with Gasteiger partial charge in [0.2, 0.25) is 11.8 Å². The van der Waals surface area contributed by atoms with Crippen molar-refractivity contribution in [3.05, 3.63) is 34.2 Å². The van der Waals surface area contributed by atoms with E-state index < -0.39 is 18.0 Å². The number of imidazole rings is 1. The largest absolute Gasteiger partial charge is 0.465 e. The fourth-order valence-corrected chi connectivity index (χ4v) is 7.60. The van der Waals surface area contributed by atoms with Gasteiger partial charge in [-0.25, -0.2) is 9.59 Å². The molecule has 1 aromatic carbocycles. The van der Waals surface area contributed by atoms with E-state index >= 15 is 0 Å². The third-order valence-electron chi connectivity index (χ3n) is 10.1. The van der Waals surface area contributed by atoms with Crippen molar-refractivity contribution in [2.45, 2.75) is 69.4 Å². The number of likely N-dealkylation sites (tertiary alicyclic amines) is 3. The predicted molar refractivity (Wildman–Crippen MR) is 154 cm³/mol. The van der Waals surface area contributed by atoms with E-state index in [1.807, 2.05) is 6.07 Å². The second-order valence-corrected chi connectivity index (χ2v) is 12.5. The van der Waals surface area contributed by atoms with Gasteiger partial charge in [0, 0.05) is 39.1 Å². The molecule has 4 fully saturated rings. The highest BCUT2D eigenvalue weighted by Gasteiger charge is 2.33. The third-order valence-corrected chi connectivity index (χ3v) is 10.1. The maximum absolute atomic E-state index is 13.1. The van der Waals surface area contributed by atoms with Gasteiger partial charge in [-0.3, -0.25) is 24.0 Å². The molecule has 6 rings (SSSR count). The lowest BCUT2D eigenvalue weighted by Gasteiger charge is -2.43. The van der Waals surface area contributed by atoms with Crippen LogP contribution >= 0.6 is 0 Å². The summed E-state index contributed by atoms with van der Waals surface area (Å²) in [5.74, 6) is 0.366. The molecule has 0 radical (unpaired) electrons. The summed E-state index contributed by atoms with van der Waals surface area (Å²) in [6, 6.07) is 6.19. The van der Waals surface area contributed by atoms with Gasteiger partial charge in [0.25, 0.3) is 0 Å². The number of piperidine rings is 4. The fraction of sp³-hybridized carbons (Fsp3) is 0.667. The summed E-state index contributed by atoms with van der Waals surface area (Å²) in [5, 5.41) is 11.6. The average Bonchev–Trinajstić information content (AvgIpc) is 3.23. The van der Waals surface area contributed by atoms with Crippen molar-refractivity contribution >= 4 is 28.9 Å². The van der Waals surface area contributed by atoms with E-state index in [0.29, 0.717) is 37.4 Å². The first-order valence-corrected chi connectivity index (χ1v) is 15.3. The number of carbonyl (C=O) groups excluding carboxylic acids is 2. The van der Waals surface area contributed by atoms with Crippen molar-refractivity contribution in [3.8, 4) is 0 Å². The van der Waals surface area contributed by atoms with E-state index in [0.717, 1.165) is 69.4 Å². The number of nitrogens with zero attached hydrogens (tertiary/aromatic N) is 5. The first-order chi connectivity index (χ1) is 19.8. The standard InChI is InChI=1S/C30H42N6O5/c1-32-26-18-22(2-3-24(26)36(29(32)39)25-4-5-27(37)31-28(25)38)21-8-16-34(17-9-21)23-10-12-33(13-11-23)19-20-6-14-35(15-7-20)30(40)41/h2-3,18,20-21,23,25H,4-17,19H2,1H3,(H,40,41)(H,31,37,38). The number of benzene rings is 1. The molecule has 222 valence electrons. The Kier molecular flexibility index (Phi) is 7.91.